The molecule has 1 aliphatic rings. The van der Waals surface area contributed by atoms with E-state index in [1.807, 2.05) is 23.9 Å². The molecule has 43 heavy (non-hydrogen) atoms. The van der Waals surface area contributed by atoms with Crippen LogP contribution in [0.25, 0.3) is 71.0 Å². The summed E-state index contributed by atoms with van der Waals surface area (Å²) < 4.78 is 4.77. The van der Waals surface area contributed by atoms with E-state index in [0.29, 0.717) is 5.69 Å². The van der Waals surface area contributed by atoms with Gasteiger partial charge in [-0.25, -0.2) is 4.85 Å². The van der Waals surface area contributed by atoms with Gasteiger partial charge in [0, 0.05) is 39.0 Å². The van der Waals surface area contributed by atoms with Crippen molar-refractivity contribution < 1.29 is 0 Å². The Morgan fingerprint density at radius 2 is 0.953 bits per heavy atom. The number of aromatic nitrogens is 2. The van der Waals surface area contributed by atoms with E-state index in [9.17, 15) is 0 Å². The molecular weight excluding hydrogens is 543 g/mol. The lowest BCUT2D eigenvalue weighted by Gasteiger charge is -2.16. The van der Waals surface area contributed by atoms with Gasteiger partial charge in [-0.1, -0.05) is 72.8 Å². The van der Waals surface area contributed by atoms with Gasteiger partial charge >= 0.3 is 0 Å². The molecule has 0 bridgehead atoms. The van der Waals surface area contributed by atoms with E-state index in [-0.39, 0.29) is 0 Å². The molecule has 3 nitrogen and oxygen atoms in total. The van der Waals surface area contributed by atoms with Gasteiger partial charge in [-0.2, -0.15) is 11.8 Å². The first-order valence-electron chi connectivity index (χ1n) is 14.5. The van der Waals surface area contributed by atoms with Crippen LogP contribution in [0.2, 0.25) is 0 Å². The quantitative estimate of drug-likeness (QED) is 0.190. The topological polar surface area (TPSA) is 14.2 Å². The van der Waals surface area contributed by atoms with E-state index in [0.717, 1.165) is 33.6 Å². The average molecular weight is 568 g/mol. The van der Waals surface area contributed by atoms with Gasteiger partial charge in [-0.3, -0.25) is 0 Å². The molecule has 1 aliphatic heterocycles. The van der Waals surface area contributed by atoms with E-state index in [4.69, 9.17) is 6.57 Å². The van der Waals surface area contributed by atoms with Crippen LogP contribution in [0.15, 0.2) is 127 Å². The molecule has 0 unspecified atom stereocenters. The van der Waals surface area contributed by atoms with Gasteiger partial charge in [0.2, 0.25) is 0 Å². The minimum atomic E-state index is 0.667. The first-order valence-corrected chi connectivity index (χ1v) is 15.7. The lowest BCUT2D eigenvalue weighted by molar-refractivity contribution is 1.17. The predicted molar refractivity (Wildman–Crippen MR) is 182 cm³/mol. The molecule has 0 atom stereocenters. The van der Waals surface area contributed by atoms with Gasteiger partial charge < -0.3 is 9.13 Å². The Morgan fingerprint density at radius 1 is 0.488 bits per heavy atom. The van der Waals surface area contributed by atoms with Crippen molar-refractivity contribution in [1.82, 2.24) is 9.13 Å². The lowest BCUT2D eigenvalue weighted by atomic mass is 9.95. The summed E-state index contributed by atoms with van der Waals surface area (Å²) in [5.74, 6) is 1.97. The molecule has 3 heterocycles. The third kappa shape index (κ3) is 3.62. The maximum Gasteiger partial charge on any atom is 0.188 e. The van der Waals surface area contributed by atoms with E-state index in [2.05, 4.69) is 129 Å². The fraction of sp³-hybridized carbons (Fsp3) is 0.0513. The number of hydrogen-bond donors (Lipinski definition) is 0. The van der Waals surface area contributed by atoms with Crippen LogP contribution in [0.1, 0.15) is 11.1 Å². The summed E-state index contributed by atoms with van der Waals surface area (Å²) in [4.78, 5) is 3.71. The Morgan fingerprint density at radius 3 is 1.47 bits per heavy atom. The Balaban J connectivity index is 1.29. The summed E-state index contributed by atoms with van der Waals surface area (Å²) in [6, 6.07) is 46.0. The fourth-order valence-electron chi connectivity index (χ4n) is 6.94. The zero-order valence-electron chi connectivity index (χ0n) is 23.3. The lowest BCUT2D eigenvalue weighted by Crippen LogP contribution is -1.99. The highest BCUT2D eigenvalue weighted by Crippen LogP contribution is 2.41. The highest BCUT2D eigenvalue weighted by atomic mass is 32.2. The molecule has 9 rings (SSSR count). The predicted octanol–water partition coefficient (Wildman–Crippen LogP) is 10.8. The number of hydrogen-bond acceptors (Lipinski definition) is 1. The standard InChI is InChI=1S/C39H25N3S/c1-40-27-16-19-39-35(20-27)32-10-4-7-13-38(32)42(39)29-18-15-26-24-43-23-25-14-17-28(21-33(25)34(26)22-29)41-36-11-5-2-8-30(36)31-9-3-6-12-37(31)41/h2-22H,23-24H2. The number of fused-ring (bicyclic) bond motifs is 9. The highest BCUT2D eigenvalue weighted by molar-refractivity contribution is 7.97. The zero-order valence-corrected chi connectivity index (χ0v) is 24.1. The molecule has 6 aromatic carbocycles. The maximum atomic E-state index is 7.56. The number of nitrogens with zero attached hydrogens (tertiary/aromatic N) is 3. The second-order valence-electron chi connectivity index (χ2n) is 11.2. The van der Waals surface area contributed by atoms with Crippen molar-refractivity contribution >= 4 is 61.1 Å². The molecule has 0 aliphatic carbocycles. The molecule has 202 valence electrons. The van der Waals surface area contributed by atoms with Gasteiger partial charge in [0.05, 0.1) is 28.6 Å². The van der Waals surface area contributed by atoms with E-state index >= 15 is 0 Å². The number of rotatable bonds is 2. The SMILES string of the molecule is [C-]#[N+]c1ccc2c(c1)c1ccccc1n2-c1ccc2c(c1)-c1cc(-n3c4ccccc4c4ccccc43)ccc1CSC2. The second kappa shape index (κ2) is 9.39. The molecular formula is C39H25N3S. The van der Waals surface area contributed by atoms with Gasteiger partial charge in [-0.15, -0.1) is 0 Å². The monoisotopic (exact) mass is 567 g/mol. The first kappa shape index (κ1) is 24.4. The first-order chi connectivity index (χ1) is 21.3. The molecule has 4 heteroatoms. The number of para-hydroxylation sites is 3. The van der Waals surface area contributed by atoms with Gasteiger partial charge in [0.1, 0.15) is 0 Å². The van der Waals surface area contributed by atoms with Gasteiger partial charge in [0.15, 0.2) is 5.69 Å². The second-order valence-corrected chi connectivity index (χ2v) is 12.2. The van der Waals surface area contributed by atoms with Crippen molar-refractivity contribution in [2.45, 2.75) is 11.5 Å². The fourth-order valence-corrected chi connectivity index (χ4v) is 7.99. The summed E-state index contributed by atoms with van der Waals surface area (Å²) in [6.07, 6.45) is 0. The van der Waals surface area contributed by atoms with Crippen molar-refractivity contribution in [1.29, 1.82) is 0 Å². The Bertz CT molecular complexity index is 2400. The van der Waals surface area contributed by atoms with Crippen molar-refractivity contribution in [3.8, 4) is 22.5 Å². The van der Waals surface area contributed by atoms with Crippen LogP contribution in [-0.4, -0.2) is 9.13 Å². The maximum absolute atomic E-state index is 7.56. The van der Waals surface area contributed by atoms with Crippen molar-refractivity contribution in [3.05, 3.63) is 150 Å². The van der Waals surface area contributed by atoms with Crippen LogP contribution < -0.4 is 0 Å². The summed E-state index contributed by atoms with van der Waals surface area (Å²) >= 11 is 1.98. The normalized spacial score (nSPS) is 12.8. The van der Waals surface area contributed by atoms with E-state index in [1.54, 1.807) is 0 Å². The van der Waals surface area contributed by atoms with Crippen LogP contribution in [0.5, 0.6) is 0 Å². The third-order valence-electron chi connectivity index (χ3n) is 8.87. The van der Waals surface area contributed by atoms with Crippen molar-refractivity contribution in [3.63, 3.8) is 0 Å². The third-order valence-corrected chi connectivity index (χ3v) is 9.90. The summed E-state index contributed by atoms with van der Waals surface area (Å²) in [6.45, 7) is 7.56. The Kier molecular flexibility index (Phi) is 5.32. The van der Waals surface area contributed by atoms with Gasteiger partial charge in [0.25, 0.3) is 0 Å². The Labute approximate surface area is 253 Å². The van der Waals surface area contributed by atoms with Crippen LogP contribution in [0.4, 0.5) is 5.69 Å². The molecule has 0 N–H and O–H groups in total. The van der Waals surface area contributed by atoms with Crippen molar-refractivity contribution in [2.75, 3.05) is 0 Å². The van der Waals surface area contributed by atoms with Crippen LogP contribution >= 0.6 is 11.8 Å². The molecule has 0 fully saturated rings. The average Bonchev–Trinajstić information content (AvgIpc) is 3.50. The smallest absolute Gasteiger partial charge is 0.188 e. The number of benzene rings is 6. The number of thioether (sulfide) groups is 1. The van der Waals surface area contributed by atoms with Crippen LogP contribution in [-0.2, 0) is 11.5 Å². The van der Waals surface area contributed by atoms with Crippen molar-refractivity contribution in [2.24, 2.45) is 0 Å². The zero-order chi connectivity index (χ0) is 28.5. The minimum Gasteiger partial charge on any atom is -0.309 e. The minimum absolute atomic E-state index is 0.667. The summed E-state index contributed by atoms with van der Waals surface area (Å²) in [7, 11) is 0. The molecule has 2 aromatic heterocycles. The van der Waals surface area contributed by atoms with E-state index < -0.39 is 0 Å². The molecule has 0 saturated carbocycles. The highest BCUT2D eigenvalue weighted by Gasteiger charge is 2.20. The Hall–Kier alpha value is -5.24. The molecule has 0 radical (unpaired) electrons. The molecule has 0 saturated heterocycles. The molecule has 0 spiro atoms. The van der Waals surface area contributed by atoms with Gasteiger partial charge in [-0.05, 0) is 82.2 Å². The van der Waals surface area contributed by atoms with Crippen LogP contribution in [0.3, 0.4) is 0 Å². The summed E-state index contributed by atoms with van der Waals surface area (Å²) in [5.41, 5.74) is 13.1. The van der Waals surface area contributed by atoms with E-state index in [1.165, 1.54) is 55.1 Å². The van der Waals surface area contributed by atoms with Crippen LogP contribution in [0, 0.1) is 6.57 Å². The summed E-state index contributed by atoms with van der Waals surface area (Å²) in [5, 5.41) is 4.84. The molecule has 0 amide bonds. The largest absolute Gasteiger partial charge is 0.309 e. The molecule has 8 aromatic rings.